The molecule has 11 rings (SSSR count). The molecule has 0 aliphatic carbocycles. The van der Waals surface area contributed by atoms with Crippen LogP contribution in [-0.2, 0) is 0 Å². The summed E-state index contributed by atoms with van der Waals surface area (Å²) in [5.41, 5.74) is 4.56. The molecule has 5 heteroatoms. The number of thiophene rings is 1. The molecular weight excluding hydrogens is 631 g/mol. The van der Waals surface area contributed by atoms with E-state index in [1.807, 2.05) is 6.07 Å². The normalized spacial score (nSPS) is 12.0. The molecular formula is C45H25N3OS. The highest BCUT2D eigenvalue weighted by Gasteiger charge is 2.18. The van der Waals surface area contributed by atoms with Crippen molar-refractivity contribution in [3.63, 3.8) is 0 Å². The van der Waals surface area contributed by atoms with Crippen molar-refractivity contribution >= 4 is 85.8 Å². The lowest BCUT2D eigenvalue weighted by molar-refractivity contribution is 0.669. The Kier molecular flexibility index (Phi) is 5.80. The second-order valence-electron chi connectivity index (χ2n) is 12.8. The second kappa shape index (κ2) is 10.5. The predicted molar refractivity (Wildman–Crippen MR) is 209 cm³/mol. The number of furan rings is 1. The van der Waals surface area contributed by atoms with Crippen LogP contribution in [-0.4, -0.2) is 15.0 Å². The molecule has 0 amide bonds. The van der Waals surface area contributed by atoms with Crippen LogP contribution in [0.1, 0.15) is 0 Å². The molecule has 232 valence electrons. The number of hydrogen-bond acceptors (Lipinski definition) is 5. The summed E-state index contributed by atoms with van der Waals surface area (Å²) in [6.07, 6.45) is 0. The Morgan fingerprint density at radius 3 is 1.90 bits per heavy atom. The van der Waals surface area contributed by atoms with E-state index in [1.54, 1.807) is 11.3 Å². The zero-order chi connectivity index (χ0) is 32.8. The van der Waals surface area contributed by atoms with E-state index in [0.717, 1.165) is 49.4 Å². The van der Waals surface area contributed by atoms with Gasteiger partial charge in [-0.15, -0.1) is 11.3 Å². The Balaban J connectivity index is 1.16. The van der Waals surface area contributed by atoms with E-state index in [2.05, 4.69) is 146 Å². The predicted octanol–water partition coefficient (Wildman–Crippen LogP) is 12.6. The van der Waals surface area contributed by atoms with E-state index < -0.39 is 0 Å². The molecule has 0 unspecified atom stereocenters. The van der Waals surface area contributed by atoms with Crippen molar-refractivity contribution in [2.75, 3.05) is 0 Å². The topological polar surface area (TPSA) is 51.8 Å². The molecule has 3 aromatic heterocycles. The maximum atomic E-state index is 6.34. The summed E-state index contributed by atoms with van der Waals surface area (Å²) in [4.78, 5) is 15.6. The highest BCUT2D eigenvalue weighted by molar-refractivity contribution is 7.25. The summed E-state index contributed by atoms with van der Waals surface area (Å²) < 4.78 is 8.79. The fourth-order valence-corrected chi connectivity index (χ4v) is 8.60. The minimum Gasteiger partial charge on any atom is -0.456 e. The highest BCUT2D eigenvalue weighted by atomic mass is 32.1. The van der Waals surface area contributed by atoms with Crippen molar-refractivity contribution in [2.24, 2.45) is 0 Å². The lowest BCUT2D eigenvalue weighted by Crippen LogP contribution is -2.00. The Morgan fingerprint density at radius 1 is 0.380 bits per heavy atom. The SMILES string of the molecule is c1ccc2cc3c(cc2c1)oc1ccc(-c2nc(-c4ccc5c(ccc6ccccc65)c4)nc(-c4cccc5sc6ccccc6c45)n2)cc13. The molecule has 0 bridgehead atoms. The third kappa shape index (κ3) is 4.20. The first-order valence-corrected chi connectivity index (χ1v) is 17.5. The van der Waals surface area contributed by atoms with E-state index in [0.29, 0.717) is 17.5 Å². The highest BCUT2D eigenvalue weighted by Crippen LogP contribution is 2.40. The third-order valence-corrected chi connectivity index (χ3v) is 11.0. The first kappa shape index (κ1) is 27.5. The van der Waals surface area contributed by atoms with Crippen molar-refractivity contribution in [2.45, 2.75) is 0 Å². The fraction of sp³-hybridized carbons (Fsp3) is 0. The number of rotatable bonds is 3. The number of aromatic nitrogens is 3. The van der Waals surface area contributed by atoms with Crippen LogP contribution in [0.25, 0.3) is 109 Å². The lowest BCUT2D eigenvalue weighted by Gasteiger charge is -2.11. The zero-order valence-corrected chi connectivity index (χ0v) is 27.4. The largest absolute Gasteiger partial charge is 0.456 e. The fourth-order valence-electron chi connectivity index (χ4n) is 7.47. The Morgan fingerprint density at radius 2 is 1.02 bits per heavy atom. The van der Waals surface area contributed by atoms with Crippen molar-refractivity contribution in [1.82, 2.24) is 15.0 Å². The van der Waals surface area contributed by atoms with Gasteiger partial charge in [-0.05, 0) is 80.8 Å². The summed E-state index contributed by atoms with van der Waals surface area (Å²) in [7, 11) is 0. The quantitative estimate of drug-likeness (QED) is 0.178. The summed E-state index contributed by atoms with van der Waals surface area (Å²) in [5, 5.41) is 11.6. The van der Waals surface area contributed by atoms with Gasteiger partial charge in [0.2, 0.25) is 0 Å². The van der Waals surface area contributed by atoms with Crippen LogP contribution >= 0.6 is 11.3 Å². The summed E-state index contributed by atoms with van der Waals surface area (Å²) in [5.74, 6) is 1.91. The van der Waals surface area contributed by atoms with Crippen LogP contribution in [0.5, 0.6) is 0 Å². The summed E-state index contributed by atoms with van der Waals surface area (Å²) in [6, 6.07) is 53.4. The molecule has 0 atom stereocenters. The van der Waals surface area contributed by atoms with Crippen LogP contribution in [0.15, 0.2) is 156 Å². The number of benzene rings is 8. The molecule has 0 aliphatic rings. The van der Waals surface area contributed by atoms with E-state index in [-0.39, 0.29) is 0 Å². The minimum absolute atomic E-state index is 0.622. The van der Waals surface area contributed by atoms with Gasteiger partial charge in [0.15, 0.2) is 17.5 Å². The van der Waals surface area contributed by atoms with E-state index in [9.17, 15) is 0 Å². The molecule has 4 nitrogen and oxygen atoms in total. The van der Waals surface area contributed by atoms with Gasteiger partial charge in [0, 0.05) is 47.6 Å². The molecule has 3 heterocycles. The first-order chi connectivity index (χ1) is 24.7. The maximum absolute atomic E-state index is 6.34. The molecule has 50 heavy (non-hydrogen) atoms. The minimum atomic E-state index is 0.622. The van der Waals surface area contributed by atoms with Gasteiger partial charge in [-0.25, -0.2) is 15.0 Å². The number of fused-ring (bicyclic) bond motifs is 10. The van der Waals surface area contributed by atoms with Gasteiger partial charge in [0.25, 0.3) is 0 Å². The number of hydrogen-bond donors (Lipinski definition) is 0. The van der Waals surface area contributed by atoms with Crippen molar-refractivity contribution in [3.8, 4) is 34.2 Å². The molecule has 0 N–H and O–H groups in total. The lowest BCUT2D eigenvalue weighted by atomic mass is 10.00. The number of nitrogens with zero attached hydrogens (tertiary/aromatic N) is 3. The Hall–Kier alpha value is -6.43. The van der Waals surface area contributed by atoms with Gasteiger partial charge < -0.3 is 4.42 Å². The molecule has 0 fully saturated rings. The van der Waals surface area contributed by atoms with Crippen LogP contribution in [0.4, 0.5) is 0 Å². The van der Waals surface area contributed by atoms with E-state index in [1.165, 1.54) is 41.7 Å². The Labute approximate surface area is 289 Å². The molecule has 0 spiro atoms. The smallest absolute Gasteiger partial charge is 0.164 e. The Bertz CT molecular complexity index is 3170. The summed E-state index contributed by atoms with van der Waals surface area (Å²) in [6.45, 7) is 0. The average molecular weight is 656 g/mol. The monoisotopic (exact) mass is 655 g/mol. The molecule has 0 saturated heterocycles. The maximum Gasteiger partial charge on any atom is 0.164 e. The standard InChI is InChI=1S/C45H25N3OS/c1-2-10-28-25-39-37(23-27(28)9-1)36-24-31(19-21-38(36)49-39)44-46-43(30-18-20-33-29(22-30)17-16-26-8-3-4-11-32(26)33)47-45(48-44)35-13-7-15-41-42(35)34-12-5-6-14-40(34)50-41/h1-25H. The van der Waals surface area contributed by atoms with E-state index in [4.69, 9.17) is 19.4 Å². The van der Waals surface area contributed by atoms with Crippen molar-refractivity contribution in [1.29, 1.82) is 0 Å². The van der Waals surface area contributed by atoms with Gasteiger partial charge in [-0.2, -0.15) is 0 Å². The van der Waals surface area contributed by atoms with Crippen molar-refractivity contribution < 1.29 is 4.42 Å². The molecule has 0 aliphatic heterocycles. The van der Waals surface area contributed by atoms with Crippen molar-refractivity contribution in [3.05, 3.63) is 152 Å². The van der Waals surface area contributed by atoms with Crippen LogP contribution in [0.2, 0.25) is 0 Å². The van der Waals surface area contributed by atoms with Crippen LogP contribution in [0, 0.1) is 0 Å². The van der Waals surface area contributed by atoms with Gasteiger partial charge in [-0.3, -0.25) is 0 Å². The van der Waals surface area contributed by atoms with Gasteiger partial charge >= 0.3 is 0 Å². The first-order valence-electron chi connectivity index (χ1n) is 16.7. The molecule has 0 saturated carbocycles. The van der Waals surface area contributed by atoms with Gasteiger partial charge in [0.05, 0.1) is 0 Å². The van der Waals surface area contributed by atoms with Crippen LogP contribution < -0.4 is 0 Å². The van der Waals surface area contributed by atoms with Gasteiger partial charge in [-0.1, -0.05) is 103 Å². The van der Waals surface area contributed by atoms with Gasteiger partial charge in [0.1, 0.15) is 11.2 Å². The molecule has 11 aromatic rings. The van der Waals surface area contributed by atoms with E-state index >= 15 is 0 Å². The van der Waals surface area contributed by atoms with Crippen LogP contribution in [0.3, 0.4) is 0 Å². The third-order valence-electron chi connectivity index (χ3n) is 9.88. The molecule has 8 aromatic carbocycles. The average Bonchev–Trinajstić information content (AvgIpc) is 3.74. The molecule has 0 radical (unpaired) electrons. The summed E-state index contributed by atoms with van der Waals surface area (Å²) >= 11 is 1.80. The second-order valence-corrected chi connectivity index (χ2v) is 13.9. The zero-order valence-electron chi connectivity index (χ0n) is 26.6.